The summed E-state index contributed by atoms with van der Waals surface area (Å²) in [4.78, 5) is 70.0. The minimum absolute atomic E-state index is 0.0300. The zero-order valence-corrected chi connectivity index (χ0v) is 25.9. The van der Waals surface area contributed by atoms with Gasteiger partial charge in [-0.15, -0.1) is 0 Å². The van der Waals surface area contributed by atoms with Crippen LogP contribution in [-0.2, 0) is 14.4 Å². The monoisotopic (exact) mass is 582 g/mol. The van der Waals surface area contributed by atoms with Crippen molar-refractivity contribution in [2.45, 2.75) is 97.4 Å². The lowest BCUT2D eigenvalue weighted by atomic mass is 10.00. The Labute approximate surface area is 251 Å². The average Bonchev–Trinajstić information content (AvgIpc) is 3.51. The molecule has 2 fully saturated rings. The third-order valence-corrected chi connectivity index (χ3v) is 8.42. The predicted octanol–water partition coefficient (Wildman–Crippen LogP) is 4.45. The fraction of sp³-hybridized carbons (Fsp3) is 0.667. The SMILES string of the molecule is CCCCCCCC(=O)N1CCN(C(=O)c2ccc(C(=O)N3CCC(C(=O)CCC)C3)cc2)CC1C(=O)NCCCC. The number of nitrogens with one attached hydrogen (secondary N) is 1. The van der Waals surface area contributed by atoms with Gasteiger partial charge in [0.2, 0.25) is 11.8 Å². The maximum atomic E-state index is 13.5. The van der Waals surface area contributed by atoms with Gasteiger partial charge in [-0.2, -0.15) is 0 Å². The molecule has 9 heteroatoms. The predicted molar refractivity (Wildman–Crippen MR) is 163 cm³/mol. The molecule has 1 aromatic rings. The van der Waals surface area contributed by atoms with Crippen molar-refractivity contribution in [2.75, 3.05) is 39.3 Å². The maximum Gasteiger partial charge on any atom is 0.253 e. The van der Waals surface area contributed by atoms with Crippen LogP contribution in [0.5, 0.6) is 0 Å². The highest BCUT2D eigenvalue weighted by Gasteiger charge is 2.37. The molecule has 232 valence electrons. The van der Waals surface area contributed by atoms with Crippen LogP contribution in [0, 0.1) is 5.92 Å². The van der Waals surface area contributed by atoms with E-state index in [-0.39, 0.29) is 41.9 Å². The Morgan fingerprint density at radius 2 is 1.33 bits per heavy atom. The molecule has 0 saturated carbocycles. The number of carbonyl (C=O) groups is 5. The van der Waals surface area contributed by atoms with Crippen molar-refractivity contribution in [3.63, 3.8) is 0 Å². The fourth-order valence-electron chi connectivity index (χ4n) is 5.80. The molecule has 0 aromatic heterocycles. The van der Waals surface area contributed by atoms with Crippen LogP contribution in [0.3, 0.4) is 0 Å². The quantitative estimate of drug-likeness (QED) is 0.308. The van der Waals surface area contributed by atoms with Crippen molar-refractivity contribution in [3.05, 3.63) is 35.4 Å². The molecule has 1 aromatic carbocycles. The van der Waals surface area contributed by atoms with Gasteiger partial charge in [-0.1, -0.05) is 52.9 Å². The molecule has 0 spiro atoms. The van der Waals surface area contributed by atoms with Gasteiger partial charge in [0.25, 0.3) is 11.8 Å². The molecule has 2 atom stereocenters. The molecule has 2 unspecified atom stereocenters. The van der Waals surface area contributed by atoms with Gasteiger partial charge in [-0.05, 0) is 49.9 Å². The number of hydrogen-bond acceptors (Lipinski definition) is 5. The molecule has 2 saturated heterocycles. The summed E-state index contributed by atoms with van der Waals surface area (Å²) < 4.78 is 0. The van der Waals surface area contributed by atoms with Gasteiger partial charge in [0.15, 0.2) is 0 Å². The summed E-state index contributed by atoms with van der Waals surface area (Å²) in [6.45, 7) is 8.54. The molecule has 0 aliphatic carbocycles. The van der Waals surface area contributed by atoms with Gasteiger partial charge in [0.1, 0.15) is 11.8 Å². The van der Waals surface area contributed by atoms with Crippen molar-refractivity contribution in [2.24, 2.45) is 5.92 Å². The van der Waals surface area contributed by atoms with E-state index in [0.29, 0.717) is 63.1 Å². The van der Waals surface area contributed by atoms with Gasteiger partial charge in [0.05, 0.1) is 6.54 Å². The molecule has 2 aliphatic heterocycles. The van der Waals surface area contributed by atoms with E-state index in [9.17, 15) is 24.0 Å². The molecule has 0 bridgehead atoms. The molecule has 4 amide bonds. The van der Waals surface area contributed by atoms with E-state index >= 15 is 0 Å². The highest BCUT2D eigenvalue weighted by Crippen LogP contribution is 2.22. The zero-order chi connectivity index (χ0) is 30.5. The Morgan fingerprint density at radius 3 is 1.95 bits per heavy atom. The van der Waals surface area contributed by atoms with Crippen LogP contribution >= 0.6 is 0 Å². The Balaban J connectivity index is 1.62. The average molecular weight is 583 g/mol. The molecular weight excluding hydrogens is 532 g/mol. The molecule has 0 radical (unpaired) electrons. The lowest BCUT2D eigenvalue weighted by Gasteiger charge is -2.40. The Hall–Kier alpha value is -3.23. The van der Waals surface area contributed by atoms with Gasteiger partial charge < -0.3 is 20.0 Å². The number of hydrogen-bond donors (Lipinski definition) is 1. The highest BCUT2D eigenvalue weighted by molar-refractivity contribution is 5.99. The summed E-state index contributed by atoms with van der Waals surface area (Å²) in [5.74, 6) is -0.474. The third-order valence-electron chi connectivity index (χ3n) is 8.42. The fourth-order valence-corrected chi connectivity index (χ4v) is 5.80. The number of unbranched alkanes of at least 4 members (excludes halogenated alkanes) is 5. The second kappa shape index (κ2) is 17.0. The van der Waals surface area contributed by atoms with Crippen LogP contribution in [0.4, 0.5) is 0 Å². The van der Waals surface area contributed by atoms with Crippen LogP contribution in [0.25, 0.3) is 0 Å². The van der Waals surface area contributed by atoms with Crippen LogP contribution in [0.1, 0.15) is 112 Å². The summed E-state index contributed by atoms with van der Waals surface area (Å²) in [6.07, 6.45) is 9.48. The van der Waals surface area contributed by atoms with Crippen molar-refractivity contribution < 1.29 is 24.0 Å². The number of piperazine rings is 1. The van der Waals surface area contributed by atoms with E-state index in [0.717, 1.165) is 51.4 Å². The van der Waals surface area contributed by atoms with Gasteiger partial charge in [0, 0.05) is 62.6 Å². The second-order valence-corrected chi connectivity index (χ2v) is 11.7. The molecule has 1 N–H and O–H groups in total. The topological polar surface area (TPSA) is 107 Å². The summed E-state index contributed by atoms with van der Waals surface area (Å²) in [5.41, 5.74) is 0.919. The summed E-state index contributed by atoms with van der Waals surface area (Å²) in [7, 11) is 0. The number of carbonyl (C=O) groups excluding carboxylic acids is 5. The van der Waals surface area contributed by atoms with Gasteiger partial charge in [-0.25, -0.2) is 0 Å². The van der Waals surface area contributed by atoms with Crippen molar-refractivity contribution in [1.82, 2.24) is 20.0 Å². The maximum absolute atomic E-state index is 13.5. The van der Waals surface area contributed by atoms with Crippen LogP contribution in [-0.4, -0.2) is 89.4 Å². The van der Waals surface area contributed by atoms with Crippen LogP contribution in [0.2, 0.25) is 0 Å². The third kappa shape index (κ3) is 9.13. The van der Waals surface area contributed by atoms with Crippen molar-refractivity contribution >= 4 is 29.4 Å². The molecule has 2 aliphatic rings. The Bertz CT molecular complexity index is 1070. The number of Topliss-reactive ketones (excluding diaryl/α,β-unsaturated/α-hetero) is 1. The van der Waals surface area contributed by atoms with Crippen molar-refractivity contribution in [1.29, 1.82) is 0 Å². The number of rotatable bonds is 15. The van der Waals surface area contributed by atoms with E-state index in [2.05, 4.69) is 19.2 Å². The first-order chi connectivity index (χ1) is 20.3. The normalized spacial score (nSPS) is 18.7. The van der Waals surface area contributed by atoms with Crippen LogP contribution < -0.4 is 5.32 Å². The highest BCUT2D eigenvalue weighted by atomic mass is 16.2. The smallest absolute Gasteiger partial charge is 0.253 e. The number of amides is 4. The van der Waals surface area contributed by atoms with Crippen molar-refractivity contribution in [3.8, 4) is 0 Å². The number of benzene rings is 1. The van der Waals surface area contributed by atoms with E-state index in [1.165, 1.54) is 0 Å². The number of ketones is 1. The Kier molecular flexibility index (Phi) is 13.5. The van der Waals surface area contributed by atoms with Gasteiger partial charge >= 0.3 is 0 Å². The van der Waals surface area contributed by atoms with E-state index < -0.39 is 6.04 Å². The zero-order valence-electron chi connectivity index (χ0n) is 25.9. The summed E-state index contributed by atoms with van der Waals surface area (Å²) in [5, 5.41) is 2.95. The van der Waals surface area contributed by atoms with Gasteiger partial charge in [-0.3, -0.25) is 24.0 Å². The van der Waals surface area contributed by atoms with Crippen LogP contribution in [0.15, 0.2) is 24.3 Å². The minimum Gasteiger partial charge on any atom is -0.354 e. The lowest BCUT2D eigenvalue weighted by Crippen LogP contribution is -2.61. The van der Waals surface area contributed by atoms with E-state index in [1.807, 2.05) is 6.92 Å². The largest absolute Gasteiger partial charge is 0.354 e. The lowest BCUT2D eigenvalue weighted by molar-refractivity contribution is -0.143. The Morgan fingerprint density at radius 1 is 0.714 bits per heavy atom. The molecule has 2 heterocycles. The molecule has 9 nitrogen and oxygen atoms in total. The first kappa shape index (κ1) is 33.3. The number of likely N-dealkylation sites (tertiary alicyclic amines) is 1. The number of nitrogens with zero attached hydrogens (tertiary/aromatic N) is 3. The summed E-state index contributed by atoms with van der Waals surface area (Å²) in [6, 6.07) is 5.89. The van der Waals surface area contributed by atoms with E-state index in [4.69, 9.17) is 0 Å². The molecule has 3 rings (SSSR count). The first-order valence-corrected chi connectivity index (χ1v) is 16.1. The summed E-state index contributed by atoms with van der Waals surface area (Å²) >= 11 is 0. The standard InChI is InChI=1S/C33H50N4O5/c1-4-7-9-10-11-13-30(39)37-22-21-36(24-28(37)31(40)34-19-8-5-2)33(42)26-16-14-25(15-17-26)32(41)35-20-18-27(23-35)29(38)12-6-3/h14-17,27-28H,4-13,18-24H2,1-3H3,(H,34,40). The van der Waals surface area contributed by atoms with E-state index in [1.54, 1.807) is 39.0 Å². The second-order valence-electron chi connectivity index (χ2n) is 11.7. The first-order valence-electron chi connectivity index (χ1n) is 16.1. The molecule has 42 heavy (non-hydrogen) atoms. The molecular formula is C33H50N4O5. The minimum atomic E-state index is -0.720.